The number of amides is 1. The van der Waals surface area contributed by atoms with Crippen molar-refractivity contribution in [2.24, 2.45) is 0 Å². The number of thiophene rings is 1. The Hall–Kier alpha value is -2.50. The molecule has 0 saturated heterocycles. The molecular weight excluding hydrogens is 346 g/mol. The molecule has 26 heavy (non-hydrogen) atoms. The zero-order valence-corrected chi connectivity index (χ0v) is 15.8. The van der Waals surface area contributed by atoms with Crippen LogP contribution < -0.4 is 5.32 Å². The van der Waals surface area contributed by atoms with E-state index in [0.717, 1.165) is 21.2 Å². The lowest BCUT2D eigenvalue weighted by molar-refractivity contribution is 0.0849. The lowest BCUT2D eigenvalue weighted by atomic mass is 10.0. The van der Waals surface area contributed by atoms with Gasteiger partial charge in [0.2, 0.25) is 0 Å². The molecule has 0 saturated carbocycles. The van der Waals surface area contributed by atoms with Crippen molar-refractivity contribution in [3.8, 4) is 0 Å². The van der Waals surface area contributed by atoms with Gasteiger partial charge in [0.1, 0.15) is 0 Å². The largest absolute Gasteiger partial charge is 0.386 e. The summed E-state index contributed by atoms with van der Waals surface area (Å²) < 4.78 is 0.898. The van der Waals surface area contributed by atoms with E-state index in [2.05, 4.69) is 5.32 Å². The molecule has 0 aliphatic heterocycles. The van der Waals surface area contributed by atoms with Crippen molar-refractivity contribution >= 4 is 33.1 Å². The van der Waals surface area contributed by atoms with Crippen LogP contribution in [-0.2, 0) is 0 Å². The number of hydrogen-bond acceptors (Lipinski definition) is 4. The van der Waals surface area contributed by atoms with Crippen LogP contribution in [0.15, 0.2) is 48.5 Å². The Bertz CT molecular complexity index is 959. The second kappa shape index (κ2) is 7.40. The van der Waals surface area contributed by atoms with E-state index in [1.54, 1.807) is 6.92 Å². The van der Waals surface area contributed by atoms with Crippen LogP contribution in [0.1, 0.15) is 51.1 Å². The zero-order chi connectivity index (χ0) is 18.8. The number of aryl methyl sites for hydroxylation is 1. The van der Waals surface area contributed by atoms with Crippen LogP contribution >= 0.6 is 11.3 Å². The minimum atomic E-state index is -0.828. The van der Waals surface area contributed by atoms with Crippen LogP contribution in [-0.4, -0.2) is 22.8 Å². The van der Waals surface area contributed by atoms with Crippen LogP contribution in [0.4, 0.5) is 0 Å². The van der Waals surface area contributed by atoms with Crippen LogP contribution in [0, 0.1) is 6.92 Å². The fourth-order valence-electron chi connectivity index (χ4n) is 2.93. The molecule has 3 rings (SSSR count). The second-order valence-electron chi connectivity index (χ2n) is 6.48. The van der Waals surface area contributed by atoms with Gasteiger partial charge in [-0.15, -0.1) is 11.3 Å². The van der Waals surface area contributed by atoms with Crippen LogP contribution in [0.25, 0.3) is 10.1 Å². The van der Waals surface area contributed by atoms with Crippen molar-refractivity contribution in [1.82, 2.24) is 5.32 Å². The summed E-state index contributed by atoms with van der Waals surface area (Å²) in [5.41, 5.74) is 2.24. The van der Waals surface area contributed by atoms with E-state index in [0.29, 0.717) is 10.4 Å². The molecule has 3 aromatic rings. The summed E-state index contributed by atoms with van der Waals surface area (Å²) in [5.74, 6) is -0.477. The minimum Gasteiger partial charge on any atom is -0.386 e. The van der Waals surface area contributed by atoms with Crippen LogP contribution in [0.5, 0.6) is 0 Å². The smallest absolute Gasteiger partial charge is 0.253 e. The zero-order valence-electron chi connectivity index (χ0n) is 14.9. The van der Waals surface area contributed by atoms with Gasteiger partial charge < -0.3 is 10.4 Å². The maximum atomic E-state index is 12.9. The van der Waals surface area contributed by atoms with Gasteiger partial charge in [0.05, 0.1) is 22.6 Å². The quantitative estimate of drug-likeness (QED) is 0.662. The molecule has 5 heteroatoms. The predicted octanol–water partition coefficient (Wildman–Crippen LogP) is 4.26. The number of nitrogens with one attached hydrogen (secondary N) is 1. The van der Waals surface area contributed by atoms with E-state index in [-0.39, 0.29) is 11.7 Å². The van der Waals surface area contributed by atoms with E-state index < -0.39 is 12.1 Å². The average Bonchev–Trinajstić information content (AvgIpc) is 3.01. The topological polar surface area (TPSA) is 66.4 Å². The Labute approximate surface area is 156 Å². The van der Waals surface area contributed by atoms with Gasteiger partial charge in [-0.3, -0.25) is 9.59 Å². The van der Waals surface area contributed by atoms with E-state index in [4.69, 9.17) is 0 Å². The molecule has 0 aliphatic rings. The Kier molecular flexibility index (Phi) is 5.20. The maximum absolute atomic E-state index is 12.9. The lowest BCUT2D eigenvalue weighted by Crippen LogP contribution is -2.37. The molecule has 1 heterocycles. The van der Waals surface area contributed by atoms with Crippen molar-refractivity contribution in [1.29, 1.82) is 0 Å². The molecule has 2 unspecified atom stereocenters. The maximum Gasteiger partial charge on any atom is 0.253 e. The third-order valence-corrected chi connectivity index (χ3v) is 5.67. The monoisotopic (exact) mass is 367 g/mol. The van der Waals surface area contributed by atoms with Crippen LogP contribution in [0.2, 0.25) is 0 Å². The molecule has 0 aliphatic carbocycles. The average molecular weight is 367 g/mol. The summed E-state index contributed by atoms with van der Waals surface area (Å²) in [5, 5.41) is 14.1. The number of benzene rings is 2. The number of Topliss-reactive ketones (excluding diaryl/α,β-unsaturated/α-hetero) is 1. The lowest BCUT2D eigenvalue weighted by Gasteiger charge is -2.21. The summed E-state index contributed by atoms with van der Waals surface area (Å²) >= 11 is 1.32. The van der Waals surface area contributed by atoms with Gasteiger partial charge in [-0.1, -0.05) is 48.0 Å². The Morgan fingerprint density at radius 3 is 2.38 bits per heavy atom. The highest BCUT2D eigenvalue weighted by Crippen LogP contribution is 2.32. The number of aliphatic hydroxyl groups is 1. The number of carbonyl (C=O) groups excluding carboxylic acids is 2. The molecule has 2 atom stereocenters. The minimum absolute atomic E-state index is 0.136. The van der Waals surface area contributed by atoms with E-state index >= 15 is 0 Å². The fourth-order valence-corrected chi connectivity index (χ4v) is 4.02. The third-order valence-electron chi connectivity index (χ3n) is 4.39. The van der Waals surface area contributed by atoms with Crippen molar-refractivity contribution in [2.45, 2.75) is 32.9 Å². The normalized spacial score (nSPS) is 13.4. The molecule has 4 nitrogen and oxygen atoms in total. The van der Waals surface area contributed by atoms with Crippen molar-refractivity contribution in [3.63, 3.8) is 0 Å². The summed E-state index contributed by atoms with van der Waals surface area (Å²) in [7, 11) is 0. The molecule has 1 amide bonds. The summed E-state index contributed by atoms with van der Waals surface area (Å²) in [6.45, 7) is 5.20. The molecule has 2 aromatic carbocycles. The Morgan fingerprint density at radius 2 is 1.73 bits per heavy atom. The molecule has 134 valence electrons. The molecule has 2 N–H and O–H groups in total. The molecule has 0 spiro atoms. The van der Waals surface area contributed by atoms with Gasteiger partial charge in [-0.2, -0.15) is 0 Å². The number of aliphatic hydroxyl groups excluding tert-OH is 1. The van der Waals surface area contributed by atoms with Gasteiger partial charge >= 0.3 is 0 Å². The number of carbonyl (C=O) groups is 2. The number of fused-ring (bicyclic) bond motifs is 1. The highest BCUT2D eigenvalue weighted by atomic mass is 32.1. The molecule has 0 fully saturated rings. The summed E-state index contributed by atoms with van der Waals surface area (Å²) in [6.07, 6.45) is -0.828. The predicted molar refractivity (Wildman–Crippen MR) is 105 cm³/mol. The highest BCUT2D eigenvalue weighted by Gasteiger charge is 2.25. The SMILES string of the molecule is CC(=O)c1sc2ccccc2c1C(=O)NC(C)C(O)c1ccc(C)cc1. The van der Waals surface area contributed by atoms with Crippen molar-refractivity contribution in [3.05, 3.63) is 70.1 Å². The van der Waals surface area contributed by atoms with Gasteiger partial charge in [0.15, 0.2) is 5.78 Å². The first-order valence-corrected chi connectivity index (χ1v) is 9.28. The fraction of sp³-hybridized carbons (Fsp3) is 0.238. The van der Waals surface area contributed by atoms with Crippen molar-refractivity contribution in [2.75, 3.05) is 0 Å². The van der Waals surface area contributed by atoms with E-state index in [1.807, 2.05) is 55.5 Å². The van der Waals surface area contributed by atoms with E-state index in [9.17, 15) is 14.7 Å². The Morgan fingerprint density at radius 1 is 1.08 bits per heavy atom. The van der Waals surface area contributed by atoms with Crippen LogP contribution in [0.3, 0.4) is 0 Å². The van der Waals surface area contributed by atoms with E-state index in [1.165, 1.54) is 18.3 Å². The van der Waals surface area contributed by atoms with Gasteiger partial charge in [0, 0.05) is 10.1 Å². The third kappa shape index (κ3) is 3.54. The second-order valence-corrected chi connectivity index (χ2v) is 7.53. The number of hydrogen-bond donors (Lipinski definition) is 2. The molecule has 0 radical (unpaired) electrons. The molecular formula is C21H21NO3S. The summed E-state index contributed by atoms with van der Waals surface area (Å²) in [6, 6.07) is 14.5. The standard InChI is InChI=1S/C21H21NO3S/c1-12-8-10-15(11-9-12)19(24)13(2)22-21(25)18-16-6-4-5-7-17(16)26-20(18)14(3)23/h4-11,13,19,24H,1-3H3,(H,22,25). The Balaban J connectivity index is 1.88. The van der Waals surface area contributed by atoms with Gasteiger partial charge in [-0.25, -0.2) is 0 Å². The van der Waals surface area contributed by atoms with Gasteiger partial charge in [0.25, 0.3) is 5.91 Å². The summed E-state index contributed by atoms with van der Waals surface area (Å²) in [4.78, 5) is 25.3. The molecule has 0 bridgehead atoms. The first kappa shape index (κ1) is 18.3. The number of ketones is 1. The van der Waals surface area contributed by atoms with Gasteiger partial charge in [-0.05, 0) is 32.4 Å². The van der Waals surface area contributed by atoms with Crippen molar-refractivity contribution < 1.29 is 14.7 Å². The molecule has 1 aromatic heterocycles. The number of rotatable bonds is 5. The first-order valence-electron chi connectivity index (χ1n) is 8.46. The highest BCUT2D eigenvalue weighted by molar-refractivity contribution is 7.21. The first-order chi connectivity index (χ1) is 12.4.